The summed E-state index contributed by atoms with van der Waals surface area (Å²) in [5, 5.41) is 0. The number of rotatable bonds is 2. The first kappa shape index (κ1) is 11.8. The summed E-state index contributed by atoms with van der Waals surface area (Å²) in [6.45, 7) is 0. The Balaban J connectivity index is 2.18. The van der Waals surface area contributed by atoms with Crippen LogP contribution in [-0.4, -0.2) is 9.02 Å². The molecule has 0 aromatic heterocycles. The van der Waals surface area contributed by atoms with Crippen molar-refractivity contribution in [3.63, 3.8) is 0 Å². The second-order valence-electron chi connectivity index (χ2n) is 3.65. The lowest BCUT2D eigenvalue weighted by molar-refractivity contribution is 0.0964. The molecule has 0 saturated heterocycles. The van der Waals surface area contributed by atoms with Crippen molar-refractivity contribution in [2.24, 2.45) is 5.92 Å². The summed E-state index contributed by atoms with van der Waals surface area (Å²) in [4.78, 5) is 12.1. The van der Waals surface area contributed by atoms with Crippen LogP contribution in [0.4, 0.5) is 0 Å². The van der Waals surface area contributed by atoms with E-state index in [4.69, 9.17) is 0 Å². The van der Waals surface area contributed by atoms with Crippen LogP contribution >= 0.6 is 31.9 Å². The van der Waals surface area contributed by atoms with E-state index in [2.05, 4.69) is 31.9 Å². The molecule has 82 valence electrons. The lowest BCUT2D eigenvalue weighted by Crippen LogP contribution is -2.16. The Morgan fingerprint density at radius 1 is 1.06 bits per heavy atom. The Labute approximate surface area is 111 Å². The standard InChI is InChI=1S/C13H10Br2O/c14-13(15)8-6-11(7-9-13)12(16)10-4-2-1-3-5-10/h1-9,11H. The third kappa shape index (κ3) is 2.71. The summed E-state index contributed by atoms with van der Waals surface area (Å²) >= 11 is 6.91. The van der Waals surface area contributed by atoms with Crippen molar-refractivity contribution in [3.8, 4) is 0 Å². The Morgan fingerprint density at radius 2 is 1.62 bits per heavy atom. The van der Waals surface area contributed by atoms with Crippen LogP contribution in [0.3, 0.4) is 0 Å². The van der Waals surface area contributed by atoms with Crippen LogP contribution in [0.5, 0.6) is 0 Å². The number of allylic oxidation sites excluding steroid dienone is 4. The lowest BCUT2D eigenvalue weighted by Gasteiger charge is -2.18. The molecule has 2 rings (SSSR count). The SMILES string of the molecule is O=C(c1ccccc1)C1C=CC(Br)(Br)C=C1. The highest BCUT2D eigenvalue weighted by Gasteiger charge is 2.23. The molecular weight excluding hydrogens is 332 g/mol. The minimum absolute atomic E-state index is 0.128. The predicted molar refractivity (Wildman–Crippen MR) is 73.1 cm³/mol. The molecule has 0 atom stereocenters. The number of ketones is 1. The molecule has 0 amide bonds. The minimum Gasteiger partial charge on any atom is -0.293 e. The Hall–Kier alpha value is -0.670. The van der Waals surface area contributed by atoms with Gasteiger partial charge in [-0.05, 0) is 0 Å². The molecule has 16 heavy (non-hydrogen) atoms. The first-order chi connectivity index (χ1) is 7.58. The monoisotopic (exact) mass is 340 g/mol. The van der Waals surface area contributed by atoms with Crippen LogP contribution in [0.25, 0.3) is 0 Å². The quantitative estimate of drug-likeness (QED) is 0.449. The smallest absolute Gasteiger partial charge is 0.173 e. The van der Waals surface area contributed by atoms with Crippen molar-refractivity contribution in [1.29, 1.82) is 0 Å². The number of Topliss-reactive ketones (excluding diaryl/α,β-unsaturated/α-hetero) is 1. The molecule has 1 aliphatic rings. The predicted octanol–water partition coefficient (Wildman–Crippen LogP) is 4.10. The molecule has 0 aliphatic heterocycles. The molecule has 1 aliphatic carbocycles. The van der Waals surface area contributed by atoms with Gasteiger partial charge in [-0.2, -0.15) is 0 Å². The van der Waals surface area contributed by atoms with Crippen molar-refractivity contribution in [1.82, 2.24) is 0 Å². The number of carbonyl (C=O) groups excluding carboxylic acids is 1. The molecule has 0 spiro atoms. The number of carbonyl (C=O) groups is 1. The summed E-state index contributed by atoms with van der Waals surface area (Å²) in [5.41, 5.74) is 0.749. The summed E-state index contributed by atoms with van der Waals surface area (Å²) in [6, 6.07) is 9.35. The van der Waals surface area contributed by atoms with E-state index in [1.165, 1.54) is 0 Å². The average Bonchev–Trinajstić information content (AvgIpc) is 2.29. The lowest BCUT2D eigenvalue weighted by atomic mass is 9.94. The van der Waals surface area contributed by atoms with Crippen LogP contribution in [0, 0.1) is 5.92 Å². The first-order valence-corrected chi connectivity index (χ1v) is 6.53. The van der Waals surface area contributed by atoms with Gasteiger partial charge in [0.1, 0.15) is 3.23 Å². The van der Waals surface area contributed by atoms with Crippen molar-refractivity contribution in [2.75, 3.05) is 0 Å². The van der Waals surface area contributed by atoms with E-state index in [0.29, 0.717) is 0 Å². The zero-order valence-electron chi connectivity index (χ0n) is 8.44. The van der Waals surface area contributed by atoms with Crippen LogP contribution in [-0.2, 0) is 0 Å². The molecule has 1 aromatic rings. The molecule has 1 nitrogen and oxygen atoms in total. The van der Waals surface area contributed by atoms with E-state index in [1.807, 2.05) is 54.6 Å². The molecule has 0 heterocycles. The van der Waals surface area contributed by atoms with E-state index in [9.17, 15) is 4.79 Å². The Bertz CT molecular complexity index is 430. The Morgan fingerprint density at radius 3 is 2.19 bits per heavy atom. The molecular formula is C13H10Br2O. The van der Waals surface area contributed by atoms with Crippen molar-refractivity contribution in [2.45, 2.75) is 3.23 Å². The summed E-state index contributed by atoms with van der Waals surface area (Å²) < 4.78 is -0.298. The van der Waals surface area contributed by atoms with Gasteiger partial charge in [-0.3, -0.25) is 4.79 Å². The van der Waals surface area contributed by atoms with Crippen LogP contribution in [0.15, 0.2) is 54.6 Å². The number of hydrogen-bond acceptors (Lipinski definition) is 1. The maximum atomic E-state index is 12.1. The van der Waals surface area contributed by atoms with Gasteiger partial charge in [-0.15, -0.1) is 0 Å². The van der Waals surface area contributed by atoms with Gasteiger partial charge >= 0.3 is 0 Å². The van der Waals surface area contributed by atoms with Gasteiger partial charge in [0.2, 0.25) is 0 Å². The normalized spacial score (nSPS) is 18.6. The van der Waals surface area contributed by atoms with Crippen LogP contribution < -0.4 is 0 Å². The van der Waals surface area contributed by atoms with Crippen LogP contribution in [0.1, 0.15) is 10.4 Å². The molecule has 3 heteroatoms. The highest BCUT2D eigenvalue weighted by atomic mass is 79.9. The molecule has 0 fully saturated rings. The number of alkyl halides is 2. The summed E-state index contributed by atoms with van der Waals surface area (Å²) in [7, 11) is 0. The second-order valence-corrected chi connectivity index (χ2v) is 7.34. The topological polar surface area (TPSA) is 17.1 Å². The fourth-order valence-electron chi connectivity index (χ4n) is 1.55. The number of halogens is 2. The summed E-state index contributed by atoms with van der Waals surface area (Å²) in [6.07, 6.45) is 7.66. The van der Waals surface area contributed by atoms with Gasteiger partial charge in [-0.1, -0.05) is 86.5 Å². The maximum absolute atomic E-state index is 12.1. The first-order valence-electron chi connectivity index (χ1n) is 4.94. The van der Waals surface area contributed by atoms with E-state index >= 15 is 0 Å². The zero-order chi connectivity index (χ0) is 11.6. The molecule has 0 unspecified atom stereocenters. The fraction of sp³-hybridized carbons (Fsp3) is 0.154. The van der Waals surface area contributed by atoms with Crippen molar-refractivity contribution >= 4 is 37.6 Å². The zero-order valence-corrected chi connectivity index (χ0v) is 11.6. The maximum Gasteiger partial charge on any atom is 0.173 e. The van der Waals surface area contributed by atoms with Gasteiger partial charge in [-0.25, -0.2) is 0 Å². The molecule has 0 radical (unpaired) electrons. The van der Waals surface area contributed by atoms with E-state index in [-0.39, 0.29) is 14.9 Å². The van der Waals surface area contributed by atoms with E-state index in [0.717, 1.165) is 5.56 Å². The highest BCUT2D eigenvalue weighted by molar-refractivity contribution is 9.25. The third-order valence-electron chi connectivity index (χ3n) is 2.41. The van der Waals surface area contributed by atoms with Gasteiger partial charge in [0.25, 0.3) is 0 Å². The van der Waals surface area contributed by atoms with Gasteiger partial charge in [0.15, 0.2) is 5.78 Å². The largest absolute Gasteiger partial charge is 0.293 e. The average molecular weight is 342 g/mol. The fourth-order valence-corrected chi connectivity index (χ4v) is 2.16. The minimum atomic E-state index is -0.298. The van der Waals surface area contributed by atoms with Gasteiger partial charge in [0.05, 0.1) is 5.92 Å². The Kier molecular flexibility index (Phi) is 3.45. The molecule has 0 bridgehead atoms. The van der Waals surface area contributed by atoms with Crippen LogP contribution in [0.2, 0.25) is 0 Å². The number of hydrogen-bond donors (Lipinski definition) is 0. The van der Waals surface area contributed by atoms with E-state index < -0.39 is 0 Å². The second kappa shape index (κ2) is 4.68. The van der Waals surface area contributed by atoms with E-state index in [1.54, 1.807) is 0 Å². The van der Waals surface area contributed by atoms with Crippen molar-refractivity contribution < 1.29 is 4.79 Å². The van der Waals surface area contributed by atoms with Gasteiger partial charge < -0.3 is 0 Å². The highest BCUT2D eigenvalue weighted by Crippen LogP contribution is 2.34. The molecule has 0 saturated carbocycles. The number of benzene rings is 1. The van der Waals surface area contributed by atoms with Gasteiger partial charge in [0, 0.05) is 5.56 Å². The third-order valence-corrected chi connectivity index (χ3v) is 3.47. The molecule has 1 aromatic carbocycles. The van der Waals surface area contributed by atoms with Crippen molar-refractivity contribution in [3.05, 3.63) is 60.2 Å². The molecule has 0 N–H and O–H groups in total. The summed E-state index contributed by atoms with van der Waals surface area (Å²) in [5.74, 6) is -0.0331.